The molecule has 0 radical (unpaired) electrons. The van der Waals surface area contributed by atoms with Gasteiger partial charge in [0.2, 0.25) is 5.91 Å². The first kappa shape index (κ1) is 30.8. The van der Waals surface area contributed by atoms with Crippen LogP contribution >= 0.6 is 23.4 Å². The minimum Gasteiger partial charge on any atom is -0.497 e. The lowest BCUT2D eigenvalue weighted by Gasteiger charge is -2.32. The number of aryl methyl sites for hydroxylation is 2. The van der Waals surface area contributed by atoms with Gasteiger partial charge in [0, 0.05) is 29.0 Å². The zero-order valence-electron chi connectivity index (χ0n) is 23.6. The van der Waals surface area contributed by atoms with Crippen LogP contribution in [0.5, 0.6) is 11.5 Å². The number of amides is 2. The number of aromatic nitrogens is 2. The lowest BCUT2D eigenvalue weighted by molar-refractivity contribution is -0.137. The molecule has 11 heteroatoms. The highest BCUT2D eigenvalue weighted by molar-refractivity contribution is 7.99. The fourth-order valence-corrected chi connectivity index (χ4v) is 5.35. The molecule has 0 unspecified atom stereocenters. The summed E-state index contributed by atoms with van der Waals surface area (Å²) >= 11 is 7.66. The topological polar surface area (TPSA) is 93.7 Å². The Morgan fingerprint density at radius 3 is 2.31 bits per heavy atom. The van der Waals surface area contributed by atoms with Crippen molar-refractivity contribution in [3.05, 3.63) is 106 Å². The molecule has 1 N–H and O–H groups in total. The Bertz CT molecular complexity index is 1550. The summed E-state index contributed by atoms with van der Waals surface area (Å²) in [6.45, 7) is 3.72. The predicted octanol–water partition coefficient (Wildman–Crippen LogP) is 6.40. The minimum atomic E-state index is -1.15. The molecule has 3 aromatic carbocycles. The number of hydrogen-bond donors (Lipinski definition) is 1. The molecular formula is C31H30ClFN4O4S. The third kappa shape index (κ3) is 7.77. The summed E-state index contributed by atoms with van der Waals surface area (Å²) in [5.74, 6) is -0.508. The van der Waals surface area contributed by atoms with E-state index >= 15 is 0 Å². The molecule has 218 valence electrons. The number of anilines is 1. The smallest absolute Gasteiger partial charge is 0.251 e. The standard InChI is InChI=1S/C31H30ClFN4O4S/c1-19-15-20(2)35-31(34-19)42-18-28(38)37(17-22-7-5-6-8-25(22)32)29(21-9-11-23(33)12-10-21)30(39)36-26-14-13-24(40-3)16-27(26)41-4/h5-16,29H,17-18H2,1-4H3,(H,36,39)/t29-/m1/s1. The molecule has 8 nitrogen and oxygen atoms in total. The summed E-state index contributed by atoms with van der Waals surface area (Å²) in [5.41, 5.74) is 2.99. The third-order valence-electron chi connectivity index (χ3n) is 6.32. The first-order valence-corrected chi connectivity index (χ1v) is 14.3. The molecule has 1 atom stereocenters. The van der Waals surface area contributed by atoms with Crippen LogP contribution in [-0.2, 0) is 16.1 Å². The van der Waals surface area contributed by atoms with Crippen LogP contribution in [0.1, 0.15) is 28.6 Å². The van der Waals surface area contributed by atoms with Gasteiger partial charge in [-0.15, -0.1) is 0 Å². The Labute approximate surface area is 253 Å². The molecule has 0 spiro atoms. The minimum absolute atomic E-state index is 0.0159. The summed E-state index contributed by atoms with van der Waals surface area (Å²) in [4.78, 5) is 38.3. The third-order valence-corrected chi connectivity index (χ3v) is 7.52. The average molecular weight is 609 g/mol. The lowest BCUT2D eigenvalue weighted by Crippen LogP contribution is -2.42. The van der Waals surface area contributed by atoms with Crippen LogP contribution in [0.4, 0.5) is 10.1 Å². The van der Waals surface area contributed by atoms with Gasteiger partial charge < -0.3 is 19.7 Å². The van der Waals surface area contributed by atoms with E-state index < -0.39 is 17.8 Å². The summed E-state index contributed by atoms with van der Waals surface area (Å²) < 4.78 is 24.7. The van der Waals surface area contributed by atoms with Crippen molar-refractivity contribution in [1.82, 2.24) is 14.9 Å². The van der Waals surface area contributed by atoms with Crippen molar-refractivity contribution in [3.8, 4) is 11.5 Å². The number of nitrogens with one attached hydrogen (secondary N) is 1. The van der Waals surface area contributed by atoms with Gasteiger partial charge in [-0.3, -0.25) is 9.59 Å². The van der Waals surface area contributed by atoms with Crippen LogP contribution in [0.25, 0.3) is 0 Å². The molecule has 0 aliphatic rings. The van der Waals surface area contributed by atoms with Crippen LogP contribution in [0.2, 0.25) is 5.02 Å². The van der Waals surface area contributed by atoms with Crippen molar-refractivity contribution < 1.29 is 23.5 Å². The Hall–Kier alpha value is -4.15. The van der Waals surface area contributed by atoms with Crippen molar-refractivity contribution in [2.24, 2.45) is 0 Å². The van der Waals surface area contributed by atoms with Crippen molar-refractivity contribution in [3.63, 3.8) is 0 Å². The Balaban J connectivity index is 1.74. The quantitative estimate of drug-likeness (QED) is 0.155. The van der Waals surface area contributed by atoms with Crippen LogP contribution in [0, 0.1) is 19.7 Å². The number of methoxy groups -OCH3 is 2. The molecule has 1 aromatic heterocycles. The molecule has 0 bridgehead atoms. The summed E-state index contributed by atoms with van der Waals surface area (Å²) in [5, 5.41) is 3.77. The van der Waals surface area contributed by atoms with Crippen molar-refractivity contribution in [2.45, 2.75) is 31.6 Å². The molecule has 2 amide bonds. The lowest BCUT2D eigenvalue weighted by atomic mass is 10.0. The maximum absolute atomic E-state index is 14.1. The van der Waals surface area contributed by atoms with E-state index in [0.717, 1.165) is 11.4 Å². The zero-order valence-corrected chi connectivity index (χ0v) is 25.1. The van der Waals surface area contributed by atoms with E-state index in [1.165, 1.54) is 55.1 Å². The maximum Gasteiger partial charge on any atom is 0.251 e. The molecule has 0 saturated heterocycles. The number of halogens is 2. The normalized spacial score (nSPS) is 11.5. The Morgan fingerprint density at radius 2 is 1.67 bits per heavy atom. The second-order valence-electron chi connectivity index (χ2n) is 9.34. The van der Waals surface area contributed by atoms with E-state index in [1.54, 1.807) is 42.5 Å². The molecule has 0 saturated carbocycles. The molecular weight excluding hydrogens is 579 g/mol. The first-order chi connectivity index (χ1) is 20.2. The van der Waals surface area contributed by atoms with E-state index in [2.05, 4.69) is 15.3 Å². The highest BCUT2D eigenvalue weighted by atomic mass is 35.5. The van der Waals surface area contributed by atoms with Gasteiger partial charge in [-0.2, -0.15) is 0 Å². The number of hydrogen-bond acceptors (Lipinski definition) is 7. The number of ether oxygens (including phenoxy) is 2. The number of carbonyl (C=O) groups excluding carboxylic acids is 2. The van der Waals surface area contributed by atoms with Gasteiger partial charge in [-0.05, 0) is 61.4 Å². The van der Waals surface area contributed by atoms with Crippen LogP contribution in [0.15, 0.2) is 78.0 Å². The summed E-state index contributed by atoms with van der Waals surface area (Å²) in [7, 11) is 3.00. The molecule has 0 aliphatic carbocycles. The van der Waals surface area contributed by atoms with Gasteiger partial charge in [0.25, 0.3) is 5.91 Å². The average Bonchev–Trinajstić information content (AvgIpc) is 2.97. The molecule has 0 aliphatic heterocycles. The molecule has 0 fully saturated rings. The second kappa shape index (κ2) is 14.2. The Kier molecular flexibility index (Phi) is 10.4. The molecule has 42 heavy (non-hydrogen) atoms. The van der Waals surface area contributed by atoms with Crippen LogP contribution in [-0.4, -0.2) is 46.7 Å². The highest BCUT2D eigenvalue weighted by Gasteiger charge is 2.33. The maximum atomic E-state index is 14.1. The van der Waals surface area contributed by atoms with Gasteiger partial charge in [-0.25, -0.2) is 14.4 Å². The van der Waals surface area contributed by atoms with E-state index in [0.29, 0.717) is 38.5 Å². The fraction of sp³-hybridized carbons (Fsp3) is 0.226. The van der Waals surface area contributed by atoms with E-state index in [-0.39, 0.29) is 18.2 Å². The zero-order chi connectivity index (χ0) is 30.2. The van der Waals surface area contributed by atoms with Crippen molar-refractivity contribution in [1.29, 1.82) is 0 Å². The van der Waals surface area contributed by atoms with E-state index in [1.807, 2.05) is 19.9 Å². The van der Waals surface area contributed by atoms with E-state index in [9.17, 15) is 14.0 Å². The van der Waals surface area contributed by atoms with Crippen LogP contribution in [0.3, 0.4) is 0 Å². The largest absolute Gasteiger partial charge is 0.497 e. The van der Waals surface area contributed by atoms with Gasteiger partial charge in [0.05, 0.1) is 25.7 Å². The number of rotatable bonds is 11. The predicted molar refractivity (Wildman–Crippen MR) is 162 cm³/mol. The SMILES string of the molecule is COc1ccc(NC(=O)[C@@H](c2ccc(F)cc2)N(Cc2ccccc2Cl)C(=O)CSc2nc(C)cc(C)n2)c(OC)c1. The number of nitrogens with zero attached hydrogens (tertiary/aromatic N) is 3. The van der Waals surface area contributed by atoms with Gasteiger partial charge in [0.1, 0.15) is 23.4 Å². The van der Waals surface area contributed by atoms with Gasteiger partial charge in [0.15, 0.2) is 5.16 Å². The van der Waals surface area contributed by atoms with Crippen molar-refractivity contribution in [2.75, 3.05) is 25.3 Å². The van der Waals surface area contributed by atoms with Gasteiger partial charge >= 0.3 is 0 Å². The van der Waals surface area contributed by atoms with Crippen molar-refractivity contribution >= 4 is 40.9 Å². The number of carbonyl (C=O) groups is 2. The molecule has 4 rings (SSSR count). The van der Waals surface area contributed by atoms with Gasteiger partial charge in [-0.1, -0.05) is 53.7 Å². The number of benzene rings is 3. The monoisotopic (exact) mass is 608 g/mol. The molecule has 4 aromatic rings. The highest BCUT2D eigenvalue weighted by Crippen LogP contribution is 2.33. The second-order valence-corrected chi connectivity index (χ2v) is 10.7. The van der Waals surface area contributed by atoms with Crippen LogP contribution < -0.4 is 14.8 Å². The Morgan fingerprint density at radius 1 is 0.976 bits per heavy atom. The first-order valence-electron chi connectivity index (χ1n) is 12.9. The summed E-state index contributed by atoms with van der Waals surface area (Å²) in [6.07, 6.45) is 0. The molecule has 1 heterocycles. The summed E-state index contributed by atoms with van der Waals surface area (Å²) in [6, 6.07) is 18.2. The number of thioether (sulfide) groups is 1. The fourth-order valence-electron chi connectivity index (χ4n) is 4.32. The van der Waals surface area contributed by atoms with E-state index in [4.69, 9.17) is 21.1 Å².